The number of nitrogens with two attached hydrogens (primary N) is 1. The van der Waals surface area contributed by atoms with Crippen LogP contribution in [0.4, 0.5) is 36.4 Å². The molecule has 1 saturated carbocycles. The second-order valence-electron chi connectivity index (χ2n) is 9.96. The fraction of sp³-hybridized carbons (Fsp3) is 0.480. The van der Waals surface area contributed by atoms with Gasteiger partial charge < -0.3 is 20.5 Å². The minimum Gasteiger partial charge on any atom is -0.490 e. The molecule has 1 aromatic carbocycles. The largest absolute Gasteiger partial charge is 0.490 e. The van der Waals surface area contributed by atoms with Gasteiger partial charge in [0.05, 0.1) is 6.61 Å². The molecule has 1 aliphatic carbocycles. The Kier molecular flexibility index (Phi) is 7.30. The lowest BCUT2D eigenvalue weighted by molar-refractivity contribution is -0.272. The Morgan fingerprint density at radius 1 is 1.21 bits per heavy atom. The predicted molar refractivity (Wildman–Crippen MR) is 122 cm³/mol. The Labute approximate surface area is 217 Å². The number of rotatable bonds is 7. The molecule has 39 heavy (non-hydrogen) atoms. The first kappa shape index (κ1) is 28.6. The van der Waals surface area contributed by atoms with Gasteiger partial charge >= 0.3 is 6.18 Å². The number of benzene rings is 1. The van der Waals surface area contributed by atoms with E-state index in [4.69, 9.17) is 15.2 Å². The highest BCUT2D eigenvalue weighted by atomic mass is 19.4. The first-order valence-electron chi connectivity index (χ1n) is 11.8. The van der Waals surface area contributed by atoms with Crippen LogP contribution in [0.15, 0.2) is 30.5 Å². The van der Waals surface area contributed by atoms with Gasteiger partial charge in [-0.2, -0.15) is 17.6 Å². The molecule has 0 radical (unpaired) electrons. The number of amides is 2. The van der Waals surface area contributed by atoms with E-state index < -0.39 is 90.2 Å². The summed E-state index contributed by atoms with van der Waals surface area (Å²) in [7, 11) is 0. The van der Waals surface area contributed by atoms with Gasteiger partial charge in [-0.05, 0) is 25.1 Å². The lowest BCUT2D eigenvalue weighted by Crippen LogP contribution is -2.47. The van der Waals surface area contributed by atoms with Crippen LogP contribution in [0.25, 0.3) is 0 Å². The van der Waals surface area contributed by atoms with E-state index in [-0.39, 0.29) is 16.9 Å². The van der Waals surface area contributed by atoms with E-state index in [0.29, 0.717) is 6.07 Å². The zero-order valence-electron chi connectivity index (χ0n) is 20.6. The van der Waals surface area contributed by atoms with Crippen molar-refractivity contribution in [1.82, 2.24) is 4.98 Å². The number of pyridine rings is 1. The van der Waals surface area contributed by atoms with Crippen molar-refractivity contribution in [3.05, 3.63) is 53.4 Å². The van der Waals surface area contributed by atoms with Crippen molar-refractivity contribution in [3.63, 3.8) is 0 Å². The molecule has 7 nitrogen and oxygen atoms in total. The minimum absolute atomic E-state index is 0.0351. The number of aromatic nitrogens is 1. The lowest BCUT2D eigenvalue weighted by Gasteiger charge is -2.35. The summed E-state index contributed by atoms with van der Waals surface area (Å²) in [5, 5.41) is 2.34. The Hall–Kier alpha value is -3.42. The molecular weight excluding hydrogens is 539 g/mol. The third kappa shape index (κ3) is 5.38. The van der Waals surface area contributed by atoms with Crippen LogP contribution < -0.4 is 15.8 Å². The molecule has 0 spiro atoms. The van der Waals surface area contributed by atoms with Crippen LogP contribution in [0.5, 0.6) is 5.75 Å². The summed E-state index contributed by atoms with van der Waals surface area (Å²) in [4.78, 5) is 28.4. The average Bonchev–Trinajstić information content (AvgIpc) is 3.10. The van der Waals surface area contributed by atoms with Crippen LogP contribution in [0.3, 0.4) is 0 Å². The molecule has 1 saturated heterocycles. The van der Waals surface area contributed by atoms with Gasteiger partial charge in [-0.3, -0.25) is 14.6 Å². The summed E-state index contributed by atoms with van der Waals surface area (Å²) in [6, 6.07) is 3.99. The minimum atomic E-state index is -4.98. The fourth-order valence-corrected chi connectivity index (χ4v) is 4.94. The second-order valence-corrected chi connectivity index (χ2v) is 9.96. The third-order valence-electron chi connectivity index (χ3n) is 7.28. The molecule has 14 heteroatoms. The van der Waals surface area contributed by atoms with Crippen molar-refractivity contribution in [2.45, 2.75) is 56.4 Å². The summed E-state index contributed by atoms with van der Waals surface area (Å²) in [6.45, 7) is 1.43. The maximum atomic E-state index is 14.9. The molecule has 2 fully saturated rings. The summed E-state index contributed by atoms with van der Waals surface area (Å²) in [6.07, 6.45) is -6.82. The van der Waals surface area contributed by atoms with Gasteiger partial charge in [0.25, 0.3) is 11.8 Å². The number of hydrogen-bond donors (Lipinski definition) is 2. The normalized spacial score (nSPS) is 26.6. The smallest absolute Gasteiger partial charge is 0.417 e. The Morgan fingerprint density at radius 2 is 1.87 bits per heavy atom. The summed E-state index contributed by atoms with van der Waals surface area (Å²) >= 11 is 0. The summed E-state index contributed by atoms with van der Waals surface area (Å²) < 4.78 is 109. The van der Waals surface area contributed by atoms with Gasteiger partial charge in [-0.25, -0.2) is 13.2 Å². The van der Waals surface area contributed by atoms with Crippen LogP contribution >= 0.6 is 0 Å². The van der Waals surface area contributed by atoms with Gasteiger partial charge in [0.15, 0.2) is 17.2 Å². The average molecular weight is 563 g/mol. The number of hydrogen-bond acceptors (Lipinski definition) is 5. The number of carbonyl (C=O) groups excluding carboxylic acids is 2. The topological polar surface area (TPSA) is 104 Å². The highest BCUT2D eigenvalue weighted by molar-refractivity contribution is 5.97. The number of alkyl halides is 5. The second kappa shape index (κ2) is 9.96. The third-order valence-corrected chi connectivity index (χ3v) is 7.28. The SMILES string of the molecule is C[C@@H]1[C@@H](c2ccc(F)c(F)c2OCC2CC(F)(F)C2)[C@H](C(=O)Nc2ccnc(C(N)=O)c2)O[C@@]1(C)C(F)(F)F. The van der Waals surface area contributed by atoms with Crippen molar-refractivity contribution < 1.29 is 49.8 Å². The predicted octanol–water partition coefficient (Wildman–Crippen LogP) is 4.96. The molecule has 4 atom stereocenters. The zero-order chi connectivity index (χ0) is 28.9. The zero-order valence-corrected chi connectivity index (χ0v) is 20.6. The molecule has 2 aromatic rings. The molecule has 2 amide bonds. The van der Waals surface area contributed by atoms with Gasteiger partial charge in [0, 0.05) is 48.0 Å². The maximum Gasteiger partial charge on any atom is 0.417 e. The number of nitrogens with one attached hydrogen (secondary N) is 1. The number of primary amides is 1. The summed E-state index contributed by atoms with van der Waals surface area (Å²) in [5.74, 6) is -12.3. The van der Waals surface area contributed by atoms with E-state index in [1.165, 1.54) is 6.07 Å². The monoisotopic (exact) mass is 563 g/mol. The van der Waals surface area contributed by atoms with Gasteiger partial charge in [0.2, 0.25) is 11.7 Å². The van der Waals surface area contributed by atoms with Crippen LogP contribution in [0.2, 0.25) is 0 Å². The van der Waals surface area contributed by atoms with E-state index in [1.807, 2.05) is 0 Å². The van der Waals surface area contributed by atoms with E-state index in [2.05, 4.69) is 10.3 Å². The maximum absolute atomic E-state index is 14.9. The van der Waals surface area contributed by atoms with Crippen molar-refractivity contribution in [2.75, 3.05) is 11.9 Å². The number of ether oxygens (including phenoxy) is 2. The lowest BCUT2D eigenvalue weighted by atomic mass is 9.76. The molecule has 1 aliphatic heterocycles. The summed E-state index contributed by atoms with van der Waals surface area (Å²) in [5.41, 5.74) is 1.71. The van der Waals surface area contributed by atoms with Gasteiger partial charge in [0.1, 0.15) is 11.8 Å². The molecule has 4 rings (SSSR count). The molecule has 0 unspecified atom stereocenters. The molecule has 212 valence electrons. The molecule has 2 heterocycles. The number of carbonyl (C=O) groups is 2. The van der Waals surface area contributed by atoms with Crippen molar-refractivity contribution >= 4 is 17.5 Å². The molecular formula is C25H24F7N3O4. The van der Waals surface area contributed by atoms with Gasteiger partial charge in [-0.15, -0.1) is 0 Å². The fourth-order valence-electron chi connectivity index (χ4n) is 4.94. The highest BCUT2D eigenvalue weighted by Gasteiger charge is 2.66. The quantitative estimate of drug-likeness (QED) is 0.464. The first-order valence-corrected chi connectivity index (χ1v) is 11.8. The Balaban J connectivity index is 1.71. The van der Waals surface area contributed by atoms with E-state index in [0.717, 1.165) is 32.2 Å². The number of nitrogens with zero attached hydrogens (tertiary/aromatic N) is 1. The van der Waals surface area contributed by atoms with E-state index >= 15 is 0 Å². The van der Waals surface area contributed by atoms with Gasteiger partial charge in [-0.1, -0.05) is 13.0 Å². The Bertz CT molecular complexity index is 1280. The Morgan fingerprint density at radius 3 is 2.46 bits per heavy atom. The van der Waals surface area contributed by atoms with E-state index in [1.54, 1.807) is 0 Å². The molecule has 1 aromatic heterocycles. The number of halogens is 7. The molecule has 2 aliphatic rings. The van der Waals surface area contributed by atoms with Crippen LogP contribution in [-0.4, -0.2) is 47.2 Å². The van der Waals surface area contributed by atoms with Crippen molar-refractivity contribution in [1.29, 1.82) is 0 Å². The van der Waals surface area contributed by atoms with Crippen molar-refractivity contribution in [3.8, 4) is 5.75 Å². The first-order chi connectivity index (χ1) is 18.0. The van der Waals surface area contributed by atoms with Crippen molar-refractivity contribution in [2.24, 2.45) is 17.6 Å². The highest BCUT2D eigenvalue weighted by Crippen LogP contribution is 2.55. The standard InChI is InChI=1S/C25H24F7N3O4/c1-11-17(14-3-4-15(26)18(27)19(14)38-10-12-8-24(28,29)9-12)20(39-23(11,2)25(30,31)32)22(37)35-13-5-6-34-16(7-13)21(33)36/h3-7,11-12,17,20H,8-10H2,1-2H3,(H2,33,36)(H,34,35,37)/t11-,17+,20-,23-/m1/s1. The van der Waals surface area contributed by atoms with Crippen LogP contribution in [0, 0.1) is 23.5 Å². The van der Waals surface area contributed by atoms with Crippen LogP contribution in [0.1, 0.15) is 48.7 Å². The van der Waals surface area contributed by atoms with E-state index in [9.17, 15) is 40.3 Å². The number of anilines is 1. The molecule has 3 N–H and O–H groups in total. The molecule has 0 bridgehead atoms. The van der Waals surface area contributed by atoms with Crippen LogP contribution in [-0.2, 0) is 9.53 Å².